The van der Waals surface area contributed by atoms with Crippen LogP contribution in [-0.4, -0.2) is 39.8 Å². The minimum atomic E-state index is -0.654. The molecule has 1 amide bonds. The lowest BCUT2D eigenvalue weighted by Crippen LogP contribution is -2.28. The number of ether oxygens (including phenoxy) is 4. The molecular weight excluding hydrogens is 418 g/mol. The summed E-state index contributed by atoms with van der Waals surface area (Å²) in [6.45, 7) is -0.0734. The number of carbonyl (C=O) groups excluding carboxylic acids is 2. The average molecular weight is 438 g/mol. The summed E-state index contributed by atoms with van der Waals surface area (Å²) in [6.07, 6.45) is 0. The molecule has 0 aliphatic heterocycles. The molecule has 0 aromatic heterocycles. The van der Waals surface area contributed by atoms with Crippen molar-refractivity contribution in [3.63, 3.8) is 0 Å². The quantitative estimate of drug-likeness (QED) is 0.639. The predicted octanol–water partition coefficient (Wildman–Crippen LogP) is 2.95. The zero-order valence-electron chi connectivity index (χ0n) is 15.2. The number of halogens is 1. The van der Waals surface area contributed by atoms with E-state index in [4.69, 9.17) is 18.9 Å². The summed E-state index contributed by atoms with van der Waals surface area (Å²) in [5, 5.41) is 2.68. The molecule has 0 unspecified atom stereocenters. The molecule has 0 saturated heterocycles. The van der Waals surface area contributed by atoms with Crippen molar-refractivity contribution in [1.82, 2.24) is 5.32 Å². The van der Waals surface area contributed by atoms with Gasteiger partial charge in [0.25, 0.3) is 5.91 Å². The predicted molar refractivity (Wildman–Crippen MR) is 102 cm³/mol. The molecule has 8 heteroatoms. The van der Waals surface area contributed by atoms with E-state index in [1.54, 1.807) is 19.2 Å². The molecular formula is C19H20BrNO6. The van der Waals surface area contributed by atoms with Crippen LogP contribution in [0.15, 0.2) is 40.9 Å². The zero-order chi connectivity index (χ0) is 19.8. The number of hydrogen-bond acceptors (Lipinski definition) is 6. The maximum absolute atomic E-state index is 12.2. The minimum Gasteiger partial charge on any atom is -0.497 e. The van der Waals surface area contributed by atoms with E-state index in [0.29, 0.717) is 22.5 Å². The Morgan fingerprint density at radius 2 is 1.56 bits per heavy atom. The lowest BCUT2D eigenvalue weighted by Gasteiger charge is -2.11. The first-order valence-electron chi connectivity index (χ1n) is 7.96. The summed E-state index contributed by atoms with van der Waals surface area (Å²) in [7, 11) is 4.53. The third-order valence-corrected chi connectivity index (χ3v) is 4.45. The summed E-state index contributed by atoms with van der Waals surface area (Å²) in [5.41, 5.74) is 1.12. The van der Waals surface area contributed by atoms with Crippen LogP contribution in [0.25, 0.3) is 0 Å². The second-order valence-corrected chi connectivity index (χ2v) is 6.19. The molecule has 144 valence electrons. The number of esters is 1. The molecule has 0 fully saturated rings. The SMILES string of the molecule is COc1ccc(CNC(=O)COC(=O)c2cc(OC)c(Br)c(OC)c2)cc1. The Morgan fingerprint density at radius 1 is 0.963 bits per heavy atom. The highest BCUT2D eigenvalue weighted by Crippen LogP contribution is 2.35. The smallest absolute Gasteiger partial charge is 0.338 e. The van der Waals surface area contributed by atoms with E-state index in [9.17, 15) is 9.59 Å². The summed E-state index contributed by atoms with van der Waals surface area (Å²) in [6, 6.07) is 10.3. The Balaban J connectivity index is 1.89. The van der Waals surface area contributed by atoms with Crippen molar-refractivity contribution in [3.05, 3.63) is 52.0 Å². The van der Waals surface area contributed by atoms with Crippen LogP contribution in [0.5, 0.6) is 17.2 Å². The van der Waals surface area contributed by atoms with Gasteiger partial charge in [-0.25, -0.2) is 4.79 Å². The normalized spacial score (nSPS) is 10.1. The van der Waals surface area contributed by atoms with Gasteiger partial charge in [0.15, 0.2) is 6.61 Å². The van der Waals surface area contributed by atoms with Gasteiger partial charge in [0, 0.05) is 6.54 Å². The maximum Gasteiger partial charge on any atom is 0.338 e. The van der Waals surface area contributed by atoms with E-state index >= 15 is 0 Å². The van der Waals surface area contributed by atoms with Crippen molar-refractivity contribution in [1.29, 1.82) is 0 Å². The molecule has 0 atom stereocenters. The van der Waals surface area contributed by atoms with Crippen molar-refractivity contribution in [3.8, 4) is 17.2 Å². The standard InChI is InChI=1S/C19H20BrNO6/c1-24-14-6-4-12(5-7-14)10-21-17(22)11-27-19(23)13-8-15(25-2)18(20)16(9-13)26-3/h4-9H,10-11H2,1-3H3,(H,21,22). The summed E-state index contributed by atoms with van der Waals surface area (Å²) >= 11 is 3.32. The van der Waals surface area contributed by atoms with Gasteiger partial charge in [-0.15, -0.1) is 0 Å². The van der Waals surface area contributed by atoms with Gasteiger partial charge in [-0.1, -0.05) is 12.1 Å². The van der Waals surface area contributed by atoms with Crippen LogP contribution in [0.4, 0.5) is 0 Å². The van der Waals surface area contributed by atoms with E-state index in [0.717, 1.165) is 11.3 Å². The molecule has 0 saturated carbocycles. The van der Waals surface area contributed by atoms with E-state index < -0.39 is 18.5 Å². The van der Waals surface area contributed by atoms with Crippen LogP contribution in [0.3, 0.4) is 0 Å². The number of benzene rings is 2. The molecule has 0 radical (unpaired) electrons. The van der Waals surface area contributed by atoms with Gasteiger partial charge < -0.3 is 24.3 Å². The fourth-order valence-corrected chi connectivity index (χ4v) is 2.75. The third-order valence-electron chi connectivity index (χ3n) is 3.66. The first-order valence-corrected chi connectivity index (χ1v) is 8.76. The Bertz CT molecular complexity index is 781. The molecule has 0 spiro atoms. The lowest BCUT2D eigenvalue weighted by molar-refractivity contribution is -0.124. The van der Waals surface area contributed by atoms with Crippen molar-refractivity contribution in [2.24, 2.45) is 0 Å². The van der Waals surface area contributed by atoms with E-state index in [-0.39, 0.29) is 5.56 Å². The number of methoxy groups -OCH3 is 3. The molecule has 0 heterocycles. The average Bonchev–Trinajstić information content (AvgIpc) is 2.70. The number of nitrogens with one attached hydrogen (secondary N) is 1. The van der Waals surface area contributed by atoms with Gasteiger partial charge in [0.05, 0.1) is 26.9 Å². The van der Waals surface area contributed by atoms with Crippen LogP contribution in [-0.2, 0) is 16.1 Å². The van der Waals surface area contributed by atoms with Gasteiger partial charge in [0.1, 0.15) is 21.7 Å². The topological polar surface area (TPSA) is 83.1 Å². The molecule has 27 heavy (non-hydrogen) atoms. The Hall–Kier alpha value is -2.74. The molecule has 2 aromatic rings. The van der Waals surface area contributed by atoms with Crippen LogP contribution in [0, 0.1) is 0 Å². The van der Waals surface area contributed by atoms with Gasteiger partial charge in [-0.3, -0.25) is 4.79 Å². The lowest BCUT2D eigenvalue weighted by atomic mass is 10.2. The summed E-state index contributed by atoms with van der Waals surface area (Å²) in [5.74, 6) is 0.517. The van der Waals surface area contributed by atoms with Gasteiger partial charge in [0.2, 0.25) is 0 Å². The number of hydrogen-bond donors (Lipinski definition) is 1. The van der Waals surface area contributed by atoms with Gasteiger partial charge in [-0.05, 0) is 45.8 Å². The van der Waals surface area contributed by atoms with Crippen molar-refractivity contribution < 1.29 is 28.5 Å². The highest BCUT2D eigenvalue weighted by atomic mass is 79.9. The third kappa shape index (κ3) is 5.62. The summed E-state index contributed by atoms with van der Waals surface area (Å²) in [4.78, 5) is 24.1. The zero-order valence-corrected chi connectivity index (χ0v) is 16.8. The fourth-order valence-electron chi connectivity index (χ4n) is 2.20. The molecule has 0 aliphatic carbocycles. The van der Waals surface area contributed by atoms with Crippen LogP contribution in [0.1, 0.15) is 15.9 Å². The molecule has 2 aromatic carbocycles. The second-order valence-electron chi connectivity index (χ2n) is 5.40. The molecule has 2 rings (SSSR count). The monoisotopic (exact) mass is 437 g/mol. The largest absolute Gasteiger partial charge is 0.497 e. The van der Waals surface area contributed by atoms with E-state index in [1.165, 1.54) is 26.4 Å². The second kappa shape index (κ2) is 9.82. The number of amides is 1. The van der Waals surface area contributed by atoms with Crippen molar-refractivity contribution in [2.75, 3.05) is 27.9 Å². The van der Waals surface area contributed by atoms with Crippen molar-refractivity contribution in [2.45, 2.75) is 6.54 Å². The van der Waals surface area contributed by atoms with Crippen LogP contribution < -0.4 is 19.5 Å². The summed E-state index contributed by atoms with van der Waals surface area (Å²) < 4.78 is 21.1. The van der Waals surface area contributed by atoms with E-state index in [1.807, 2.05) is 12.1 Å². The first kappa shape index (κ1) is 20.6. The van der Waals surface area contributed by atoms with E-state index in [2.05, 4.69) is 21.2 Å². The molecule has 0 bridgehead atoms. The molecule has 7 nitrogen and oxygen atoms in total. The Labute approximate surface area is 165 Å². The Morgan fingerprint density at radius 3 is 2.07 bits per heavy atom. The highest BCUT2D eigenvalue weighted by molar-refractivity contribution is 9.10. The highest BCUT2D eigenvalue weighted by Gasteiger charge is 2.16. The molecule has 0 aliphatic rings. The number of rotatable bonds is 8. The first-order chi connectivity index (χ1) is 13.0. The van der Waals surface area contributed by atoms with Crippen LogP contribution >= 0.6 is 15.9 Å². The van der Waals surface area contributed by atoms with Gasteiger partial charge >= 0.3 is 5.97 Å². The van der Waals surface area contributed by atoms with Crippen LogP contribution in [0.2, 0.25) is 0 Å². The van der Waals surface area contributed by atoms with Gasteiger partial charge in [-0.2, -0.15) is 0 Å². The van der Waals surface area contributed by atoms with Crippen molar-refractivity contribution >= 4 is 27.8 Å². The Kier molecular flexibility index (Phi) is 7.48. The minimum absolute atomic E-state index is 0.217. The maximum atomic E-state index is 12.2. The fraction of sp³-hybridized carbons (Fsp3) is 0.263. The number of carbonyl (C=O) groups is 2. The molecule has 1 N–H and O–H groups in total.